The molecular formula is C10H15F3N4OS. The zero-order chi connectivity index (χ0) is 14.0. The van der Waals surface area contributed by atoms with Gasteiger partial charge < -0.3 is 9.74 Å². The average molecular weight is 296 g/mol. The van der Waals surface area contributed by atoms with E-state index in [0.29, 0.717) is 29.6 Å². The molecule has 19 heavy (non-hydrogen) atoms. The minimum atomic E-state index is -4.41. The molecule has 1 fully saturated rings. The minimum Gasteiger partial charge on any atom is -0.347 e. The number of hydrogen-bond acceptors (Lipinski definition) is 6. The van der Waals surface area contributed by atoms with Crippen LogP contribution in [0.4, 0.5) is 18.3 Å². The topological polar surface area (TPSA) is 41.5 Å². The predicted molar refractivity (Wildman–Crippen MR) is 64.9 cm³/mol. The predicted octanol–water partition coefficient (Wildman–Crippen LogP) is 2.02. The van der Waals surface area contributed by atoms with E-state index in [-0.39, 0.29) is 6.04 Å². The van der Waals surface area contributed by atoms with Crippen LogP contribution in [0, 0.1) is 0 Å². The van der Waals surface area contributed by atoms with E-state index in [2.05, 4.69) is 10.2 Å². The number of rotatable bonds is 3. The molecule has 1 aromatic rings. The van der Waals surface area contributed by atoms with Gasteiger partial charge >= 0.3 is 6.18 Å². The molecule has 0 radical (unpaired) electrons. The molecule has 1 saturated heterocycles. The normalized spacial score (nSPS) is 18.3. The van der Waals surface area contributed by atoms with Crippen molar-refractivity contribution in [3.05, 3.63) is 5.01 Å². The average Bonchev–Trinajstić information content (AvgIpc) is 2.87. The summed E-state index contributed by atoms with van der Waals surface area (Å²) in [6.45, 7) is 1.32. The third kappa shape index (κ3) is 3.34. The summed E-state index contributed by atoms with van der Waals surface area (Å²) < 4.78 is 37.3. The molecule has 0 N–H and O–H groups in total. The molecule has 1 aliphatic rings. The third-order valence-electron chi connectivity index (χ3n) is 3.19. The second kappa shape index (κ2) is 5.59. The van der Waals surface area contributed by atoms with Crippen LogP contribution in [0.3, 0.4) is 0 Å². The number of anilines is 1. The van der Waals surface area contributed by atoms with E-state index in [1.165, 1.54) is 0 Å². The van der Waals surface area contributed by atoms with Gasteiger partial charge in [-0.2, -0.15) is 18.2 Å². The quantitative estimate of drug-likeness (QED) is 0.798. The van der Waals surface area contributed by atoms with Gasteiger partial charge in [-0.1, -0.05) is 11.3 Å². The maximum absolute atomic E-state index is 12.4. The van der Waals surface area contributed by atoms with Gasteiger partial charge in [0.1, 0.15) is 0 Å². The van der Waals surface area contributed by atoms with Gasteiger partial charge in [-0.25, -0.2) is 0 Å². The Hall–Kier alpha value is -0.930. The van der Waals surface area contributed by atoms with Crippen LogP contribution in [0.2, 0.25) is 0 Å². The van der Waals surface area contributed by atoms with Gasteiger partial charge in [0.05, 0.1) is 7.11 Å². The van der Waals surface area contributed by atoms with Crippen LogP contribution < -0.4 is 4.90 Å². The van der Waals surface area contributed by atoms with Gasteiger partial charge in [0.25, 0.3) is 0 Å². The van der Waals surface area contributed by atoms with E-state index in [0.717, 1.165) is 12.8 Å². The maximum Gasteiger partial charge on any atom is 0.445 e. The molecule has 9 heteroatoms. The molecule has 0 saturated carbocycles. The van der Waals surface area contributed by atoms with Gasteiger partial charge in [0.2, 0.25) is 10.1 Å². The molecule has 0 aromatic carbocycles. The Balaban J connectivity index is 1.96. The largest absolute Gasteiger partial charge is 0.445 e. The monoisotopic (exact) mass is 296 g/mol. The number of hydrogen-bond donors (Lipinski definition) is 0. The first-order chi connectivity index (χ1) is 8.91. The first-order valence-electron chi connectivity index (χ1n) is 5.84. The molecule has 5 nitrogen and oxygen atoms in total. The van der Waals surface area contributed by atoms with E-state index in [9.17, 15) is 13.2 Å². The first-order valence-corrected chi connectivity index (χ1v) is 6.66. The van der Waals surface area contributed by atoms with E-state index in [4.69, 9.17) is 4.84 Å². The van der Waals surface area contributed by atoms with E-state index < -0.39 is 11.2 Å². The van der Waals surface area contributed by atoms with E-state index in [1.807, 2.05) is 11.9 Å². The van der Waals surface area contributed by atoms with Crippen molar-refractivity contribution in [2.24, 2.45) is 0 Å². The molecule has 1 aliphatic heterocycles. The van der Waals surface area contributed by atoms with Crippen molar-refractivity contribution in [3.63, 3.8) is 0 Å². The molecule has 0 amide bonds. The molecular weight excluding hydrogens is 281 g/mol. The van der Waals surface area contributed by atoms with Gasteiger partial charge in [0.15, 0.2) is 0 Å². The fraction of sp³-hybridized carbons (Fsp3) is 0.800. The lowest BCUT2D eigenvalue weighted by atomic mass is 10.1. The Bertz CT molecular complexity index is 417. The van der Waals surface area contributed by atoms with Gasteiger partial charge in [-0.05, 0) is 12.8 Å². The van der Waals surface area contributed by atoms with Crippen molar-refractivity contribution >= 4 is 16.5 Å². The molecule has 0 atom stereocenters. The molecule has 0 unspecified atom stereocenters. The summed E-state index contributed by atoms with van der Waals surface area (Å²) in [5.41, 5.74) is 0. The summed E-state index contributed by atoms with van der Waals surface area (Å²) in [6.07, 6.45) is -2.76. The molecule has 2 rings (SSSR count). The Labute approximate surface area is 112 Å². The van der Waals surface area contributed by atoms with Crippen LogP contribution in [-0.4, -0.2) is 48.5 Å². The van der Waals surface area contributed by atoms with Crippen molar-refractivity contribution < 1.29 is 18.0 Å². The fourth-order valence-corrected chi connectivity index (χ4v) is 2.79. The van der Waals surface area contributed by atoms with Crippen LogP contribution in [0.1, 0.15) is 17.8 Å². The Morgan fingerprint density at radius 3 is 2.42 bits per heavy atom. The van der Waals surface area contributed by atoms with Crippen LogP contribution in [0.15, 0.2) is 0 Å². The lowest BCUT2D eigenvalue weighted by molar-refractivity contribution is -0.145. The summed E-state index contributed by atoms with van der Waals surface area (Å²) >= 11 is 0.596. The molecule has 1 aromatic heterocycles. The summed E-state index contributed by atoms with van der Waals surface area (Å²) in [5.74, 6) is 0. The number of halogens is 3. The second-order valence-electron chi connectivity index (χ2n) is 4.33. The van der Waals surface area contributed by atoms with Gasteiger partial charge in [0, 0.05) is 26.2 Å². The van der Waals surface area contributed by atoms with Crippen molar-refractivity contribution in [2.75, 3.05) is 32.1 Å². The van der Waals surface area contributed by atoms with Gasteiger partial charge in [-0.15, -0.1) is 10.2 Å². The number of piperidine rings is 1. The van der Waals surface area contributed by atoms with Crippen LogP contribution in [-0.2, 0) is 11.0 Å². The Morgan fingerprint density at radius 1 is 1.32 bits per heavy atom. The molecule has 0 bridgehead atoms. The van der Waals surface area contributed by atoms with Crippen LogP contribution >= 0.6 is 11.3 Å². The molecule has 0 aliphatic carbocycles. The highest BCUT2D eigenvalue weighted by atomic mass is 32.1. The SMILES string of the molecule is CON(C)C1CCN(c2nnc(C(F)(F)F)s2)CC1. The third-order valence-corrected chi connectivity index (χ3v) is 4.22. The van der Waals surface area contributed by atoms with Crippen LogP contribution in [0.5, 0.6) is 0 Å². The summed E-state index contributed by atoms with van der Waals surface area (Å²) in [5, 5.41) is 8.05. The second-order valence-corrected chi connectivity index (χ2v) is 5.29. The summed E-state index contributed by atoms with van der Waals surface area (Å²) in [7, 11) is 3.46. The fourth-order valence-electron chi connectivity index (χ4n) is 2.03. The minimum absolute atomic E-state index is 0.288. The summed E-state index contributed by atoms with van der Waals surface area (Å²) in [6, 6.07) is 0.288. The number of alkyl halides is 3. The summed E-state index contributed by atoms with van der Waals surface area (Å²) in [4.78, 5) is 6.96. The van der Waals surface area contributed by atoms with Crippen molar-refractivity contribution in [3.8, 4) is 0 Å². The van der Waals surface area contributed by atoms with Gasteiger partial charge in [-0.3, -0.25) is 0 Å². The highest BCUT2D eigenvalue weighted by Crippen LogP contribution is 2.35. The standard InChI is InChI=1S/C10H15F3N4OS/c1-16(18-2)7-3-5-17(6-4-7)9-15-14-8(19-9)10(11,12)13/h7H,3-6H2,1-2H3. The molecule has 0 spiro atoms. The van der Waals surface area contributed by atoms with Crippen molar-refractivity contribution in [2.45, 2.75) is 25.1 Å². The zero-order valence-corrected chi connectivity index (χ0v) is 11.5. The number of nitrogens with zero attached hydrogens (tertiary/aromatic N) is 4. The highest BCUT2D eigenvalue weighted by Gasteiger charge is 2.36. The number of aromatic nitrogens is 2. The maximum atomic E-state index is 12.4. The number of hydroxylamine groups is 2. The lowest BCUT2D eigenvalue weighted by Crippen LogP contribution is -2.43. The zero-order valence-electron chi connectivity index (χ0n) is 10.6. The van der Waals surface area contributed by atoms with Crippen LogP contribution in [0.25, 0.3) is 0 Å². The molecule has 108 valence electrons. The van der Waals surface area contributed by atoms with Crippen molar-refractivity contribution in [1.29, 1.82) is 0 Å². The Kier molecular flexibility index (Phi) is 4.26. The van der Waals surface area contributed by atoms with E-state index in [1.54, 1.807) is 12.2 Å². The Morgan fingerprint density at radius 2 is 1.95 bits per heavy atom. The lowest BCUT2D eigenvalue weighted by Gasteiger charge is -2.35. The molecule has 2 heterocycles. The van der Waals surface area contributed by atoms with Crippen molar-refractivity contribution in [1.82, 2.24) is 15.3 Å². The van der Waals surface area contributed by atoms with E-state index >= 15 is 0 Å². The highest BCUT2D eigenvalue weighted by molar-refractivity contribution is 7.15. The first kappa shape index (κ1) is 14.5. The smallest absolute Gasteiger partial charge is 0.347 e.